The molecule has 10 heterocycles. The van der Waals surface area contributed by atoms with Crippen molar-refractivity contribution in [1.82, 2.24) is 49.8 Å². The number of methoxy groups -OCH3 is 5. The maximum atomic E-state index is 14.6. The minimum atomic E-state index is -0.855. The van der Waals surface area contributed by atoms with Gasteiger partial charge in [0.05, 0.1) is 104 Å². The number of aromatic amines is 5. The molecular weight excluding hydrogens is 1770 g/mol. The highest BCUT2D eigenvalue weighted by molar-refractivity contribution is 6.36. The number of ether oxygens (including phenoxy) is 15. The highest BCUT2D eigenvalue weighted by Gasteiger charge is 2.24. The summed E-state index contributed by atoms with van der Waals surface area (Å²) in [6, 6.07) is 25.1. The number of nitrogens with zero attached hydrogens (tertiary/aromatic N) is 5. The number of hydrogen-bond acceptors (Lipinski definition) is 35. The number of rotatable bonds is 40. The molecular formula is C87H94Cl2F2N10O30. The minimum Gasteiger partial charge on any atom is -0.493 e. The zero-order chi connectivity index (χ0) is 91.7. The van der Waals surface area contributed by atoms with Crippen LogP contribution in [0.1, 0.15) is 47.0 Å². The molecule has 0 unspecified atom stereocenters. The highest BCUT2D eigenvalue weighted by atomic mass is 35.5. The summed E-state index contributed by atoms with van der Waals surface area (Å²) in [5, 5.41) is 3.27. The lowest BCUT2D eigenvalue weighted by molar-refractivity contribution is 0.0642. The first-order valence-electron chi connectivity index (χ1n) is 39.7. The molecule has 0 atom stereocenters. The van der Waals surface area contributed by atoms with Gasteiger partial charge < -0.3 is 93.1 Å². The molecule has 0 aromatic heterocycles. The van der Waals surface area contributed by atoms with E-state index in [0.29, 0.717) is 211 Å². The van der Waals surface area contributed by atoms with E-state index in [1.807, 2.05) is 9.97 Å². The van der Waals surface area contributed by atoms with E-state index in [1.165, 1.54) is 30.3 Å². The zero-order valence-electron chi connectivity index (χ0n) is 69.9. The molecule has 700 valence electrons. The molecule has 0 spiro atoms. The molecule has 0 aliphatic carbocycles. The summed E-state index contributed by atoms with van der Waals surface area (Å²) >= 11 is 12.6. The molecule has 5 aromatic rings. The second-order valence-corrected chi connectivity index (χ2v) is 27.9. The first-order valence-corrected chi connectivity index (χ1v) is 40.4. The number of fused-ring (bicyclic) bond motifs is 10. The van der Waals surface area contributed by atoms with Crippen LogP contribution in [-0.2, 0) is 47.4 Å². The second kappa shape index (κ2) is 51.3. The summed E-state index contributed by atoms with van der Waals surface area (Å²) in [6.07, 6.45) is 3.26. The van der Waals surface area contributed by atoms with Crippen LogP contribution in [-0.4, -0.2) is 218 Å². The maximum Gasteiger partial charge on any atom is 0.351 e. The fourth-order valence-electron chi connectivity index (χ4n) is 11.8. The van der Waals surface area contributed by atoms with E-state index in [4.69, 9.17) is 116 Å². The van der Waals surface area contributed by atoms with Crippen LogP contribution in [0.2, 0.25) is 10.0 Å². The van der Waals surface area contributed by atoms with Crippen LogP contribution in [0.15, 0.2) is 167 Å². The predicted octanol–water partition coefficient (Wildman–Crippen LogP) is 9.92. The number of halogens is 4. The smallest absolute Gasteiger partial charge is 0.351 e. The SMILES string of the molecule is C.C.COCCOCCCOc1cc2oc3nc(=O)[nH]c(=O)c-3cc2cc1Cl.COCCOCCCOc1cc2oc3nc(=O)[nH]c(=O)c-3cc2cc1F.COCCOCCCOc1ccc2cc3c(=O)[nH]c(=O)nc-3oc2c1.COCCOCCCOc1ccc2cc3c(=O)[nH]c(=O)nc-3oc2c1Cl.COCCOCCCOc1ccc2cc3c(=O)[nH]c(=O)nc-3oc2c1F. The Morgan fingerprint density at radius 3 is 1.01 bits per heavy atom. The number of H-pyrrole nitrogens is 5. The number of aromatic nitrogens is 10. The van der Waals surface area contributed by atoms with E-state index in [0.717, 1.165) is 6.42 Å². The van der Waals surface area contributed by atoms with E-state index in [2.05, 4.69) is 39.9 Å². The summed E-state index contributed by atoms with van der Waals surface area (Å²) < 4.78 is 135. The fourth-order valence-corrected chi connectivity index (χ4v) is 12.3. The monoisotopic (exact) mass is 1870 g/mol. The molecule has 40 nitrogen and oxygen atoms in total. The van der Waals surface area contributed by atoms with E-state index >= 15 is 0 Å². The van der Waals surface area contributed by atoms with Crippen LogP contribution in [0.25, 0.3) is 112 Å². The topological polar surface area (TPSA) is 518 Å². The molecule has 5 N–H and O–H groups in total. The van der Waals surface area contributed by atoms with Gasteiger partial charge in [-0.15, -0.1) is 0 Å². The fraction of sp³-hybridized carbons (Fsp3) is 0.368. The van der Waals surface area contributed by atoms with Gasteiger partial charge in [-0.25, -0.2) is 28.4 Å². The maximum absolute atomic E-state index is 14.6. The molecule has 0 saturated carbocycles. The summed E-state index contributed by atoms with van der Waals surface area (Å²) in [5.41, 5.74) is -4.82. The van der Waals surface area contributed by atoms with Crippen molar-refractivity contribution in [3.63, 3.8) is 0 Å². The van der Waals surface area contributed by atoms with E-state index in [9.17, 15) is 56.7 Å². The minimum absolute atomic E-state index is 0. The highest BCUT2D eigenvalue weighted by Crippen LogP contribution is 2.38. The van der Waals surface area contributed by atoms with Gasteiger partial charge in [0.25, 0.3) is 27.8 Å². The summed E-state index contributed by atoms with van der Waals surface area (Å²) in [6.45, 7) is 9.74. The largest absolute Gasteiger partial charge is 0.493 e. The first kappa shape index (κ1) is 102. The van der Waals surface area contributed by atoms with Gasteiger partial charge in [0, 0.05) is 146 Å². The van der Waals surface area contributed by atoms with Crippen molar-refractivity contribution in [2.24, 2.45) is 0 Å². The Bertz CT molecular complexity index is 6300. The van der Waals surface area contributed by atoms with Crippen LogP contribution in [0.3, 0.4) is 0 Å². The lowest BCUT2D eigenvalue weighted by Crippen LogP contribution is -2.24. The van der Waals surface area contributed by atoms with Crippen LogP contribution in [0, 0.1) is 11.6 Å². The zero-order valence-corrected chi connectivity index (χ0v) is 71.4. The quantitative estimate of drug-likeness (QED) is 0.0176. The first-order chi connectivity index (χ1) is 62.5. The Morgan fingerprint density at radius 2 is 0.603 bits per heavy atom. The van der Waals surface area contributed by atoms with Crippen LogP contribution in [0.4, 0.5) is 8.78 Å². The van der Waals surface area contributed by atoms with Gasteiger partial charge in [0.1, 0.15) is 66.8 Å². The normalized spacial score (nSPS) is 11.1. The lowest BCUT2D eigenvalue weighted by Gasteiger charge is -2.11. The van der Waals surface area contributed by atoms with Crippen molar-refractivity contribution in [1.29, 1.82) is 0 Å². The van der Waals surface area contributed by atoms with Gasteiger partial charge in [0.15, 0.2) is 28.5 Å². The molecule has 131 heavy (non-hydrogen) atoms. The van der Waals surface area contributed by atoms with Gasteiger partial charge in [-0.1, -0.05) is 38.1 Å². The Morgan fingerprint density at radius 1 is 0.298 bits per heavy atom. The number of benzene rings is 5. The lowest BCUT2D eigenvalue weighted by atomic mass is 10.1. The van der Waals surface area contributed by atoms with E-state index in [-0.39, 0.29) is 113 Å². The number of nitrogens with one attached hydrogen (secondary N) is 5. The van der Waals surface area contributed by atoms with Crippen molar-refractivity contribution in [2.45, 2.75) is 47.0 Å². The molecule has 10 aliphatic heterocycles. The Labute approximate surface area is 749 Å². The summed E-state index contributed by atoms with van der Waals surface area (Å²) in [4.78, 5) is 144. The van der Waals surface area contributed by atoms with Gasteiger partial charge in [0.2, 0.25) is 35.3 Å². The molecule has 5 aromatic carbocycles. The molecule has 0 fully saturated rings. The van der Waals surface area contributed by atoms with Crippen molar-refractivity contribution in [2.75, 3.05) is 168 Å². The third-order valence-corrected chi connectivity index (χ3v) is 18.6. The summed E-state index contributed by atoms with van der Waals surface area (Å²) in [5.74, 6) is -0.250. The third-order valence-electron chi connectivity index (χ3n) is 17.9. The van der Waals surface area contributed by atoms with Crippen LogP contribution in [0.5, 0.6) is 28.7 Å². The average Bonchev–Trinajstić information content (AvgIpc) is 0.782. The summed E-state index contributed by atoms with van der Waals surface area (Å²) in [7, 11) is 8.04. The predicted molar refractivity (Wildman–Crippen MR) is 475 cm³/mol. The Kier molecular flexibility index (Phi) is 39.8. The molecule has 15 rings (SSSR count). The Hall–Kier alpha value is -13.1. The van der Waals surface area contributed by atoms with E-state index < -0.39 is 67.9 Å². The Balaban J connectivity index is 0.000000184. The van der Waals surface area contributed by atoms with Crippen LogP contribution >= 0.6 is 23.2 Å². The van der Waals surface area contributed by atoms with Crippen LogP contribution < -0.4 is 79.9 Å². The van der Waals surface area contributed by atoms with Crippen molar-refractivity contribution >= 4 is 78.0 Å². The van der Waals surface area contributed by atoms with Crippen molar-refractivity contribution in [3.05, 3.63) is 223 Å². The van der Waals surface area contributed by atoms with Gasteiger partial charge >= 0.3 is 28.4 Å². The van der Waals surface area contributed by atoms with E-state index in [1.54, 1.807) is 102 Å². The molecule has 44 heteroatoms. The molecule has 0 radical (unpaired) electrons. The molecule has 0 bridgehead atoms. The van der Waals surface area contributed by atoms with Crippen molar-refractivity contribution < 1.29 is 102 Å². The number of hydrogen-bond donors (Lipinski definition) is 5. The van der Waals surface area contributed by atoms with Gasteiger partial charge in [-0.05, 0) is 78.9 Å². The molecule has 0 saturated heterocycles. The van der Waals surface area contributed by atoms with Gasteiger partial charge in [-0.3, -0.25) is 48.9 Å². The standard InChI is InChI=1S/2C17H17ClN2O6.2C17H17FN2O6.C17H18N2O6.2CH4/c1-23-7-8-24-5-2-6-25-12-4-3-10-9-11-15(21)19-17(22)20-16(11)26-14(10)13(12)18;1-23-5-6-24-3-2-4-25-14-9-13-10(8-12(14)18)7-11-15(21)19-17(22)20-16(11)26-13;1-23-7-8-24-5-2-6-25-12-4-3-10-9-11-15(21)19-17(22)20-16(11)26-14(10)13(12)18;1-23-5-6-24-3-2-4-25-14-9-13-10(8-12(14)18)7-11-15(21)19-17(22)20-16(11)26-13;1-22-7-8-23-5-2-6-24-12-4-3-11-9-13-15(20)18-17(21)19-16(13)25-14(11)10-12;;/h3-4,9H,2,5-8H2,1H3,(H,19,21,22);7-9H,2-6H2,1H3,(H,19,21,22);3-4,9H,2,5-8H2,1H3,(H,19,21,22);7-9H,2-6H2,1H3,(H,19,21,22);3-4,9-10H,2,5-8H2,1H3,(H,18,20,21);2*1H4. The molecule has 0 amide bonds. The third kappa shape index (κ3) is 28.9. The van der Waals surface area contributed by atoms with Gasteiger partial charge in [-0.2, -0.15) is 29.3 Å². The average molecular weight is 1870 g/mol. The second-order valence-electron chi connectivity index (χ2n) is 27.2. The molecule has 10 aliphatic rings. The van der Waals surface area contributed by atoms with Crippen molar-refractivity contribution in [3.8, 4) is 86.0 Å².